The van der Waals surface area contributed by atoms with Crippen molar-refractivity contribution in [3.8, 4) is 56.7 Å². The highest BCUT2D eigenvalue weighted by Gasteiger charge is 2.18. The van der Waals surface area contributed by atoms with Gasteiger partial charge in [0.05, 0.1) is 28.6 Å². The molecule has 0 saturated heterocycles. The molecule has 0 aliphatic rings. The monoisotopic (exact) mass is 740 g/mol. The van der Waals surface area contributed by atoms with Crippen molar-refractivity contribution in [1.82, 2.24) is 24.1 Å². The smallest absolute Gasteiger partial charge is 0.187 e. The van der Waals surface area contributed by atoms with Crippen molar-refractivity contribution >= 4 is 49.3 Å². The highest BCUT2D eigenvalue weighted by atomic mass is 15.0. The molecule has 3 aromatic heterocycles. The fourth-order valence-corrected chi connectivity index (χ4v) is 8.26. The lowest BCUT2D eigenvalue weighted by Gasteiger charge is -2.12. The SMILES string of the molecule is [C-]#[N+]c1ccc(-n2c3ccccc3c3ccc(-n4c5ccccc5c5ccc(-c6cccc(-c7nc(-c8ccccc8)nc(-c8ccccc8)n7)c6)cc54)cc32)cc1. The molecule has 6 nitrogen and oxygen atoms in total. The Balaban J connectivity index is 1.08. The second-order valence-corrected chi connectivity index (χ2v) is 14.4. The maximum absolute atomic E-state index is 7.49. The van der Waals surface area contributed by atoms with Crippen LogP contribution in [0.2, 0.25) is 0 Å². The van der Waals surface area contributed by atoms with Crippen LogP contribution >= 0.6 is 0 Å². The van der Waals surface area contributed by atoms with Crippen molar-refractivity contribution in [2.24, 2.45) is 0 Å². The summed E-state index contributed by atoms with van der Waals surface area (Å²) in [5.74, 6) is 1.89. The van der Waals surface area contributed by atoms with Gasteiger partial charge < -0.3 is 9.13 Å². The fraction of sp³-hybridized carbons (Fsp3) is 0. The Morgan fingerprint density at radius 2 is 0.776 bits per heavy atom. The summed E-state index contributed by atoms with van der Waals surface area (Å²) in [5, 5.41) is 4.74. The zero-order chi connectivity index (χ0) is 38.6. The van der Waals surface area contributed by atoms with E-state index in [4.69, 9.17) is 21.5 Å². The van der Waals surface area contributed by atoms with E-state index in [1.165, 1.54) is 21.5 Å². The number of para-hydroxylation sites is 2. The van der Waals surface area contributed by atoms with E-state index < -0.39 is 0 Å². The van der Waals surface area contributed by atoms with Gasteiger partial charge in [0.2, 0.25) is 0 Å². The summed E-state index contributed by atoms with van der Waals surface area (Å²) in [6.45, 7) is 7.49. The molecule has 11 aromatic rings. The summed E-state index contributed by atoms with van der Waals surface area (Å²) in [6, 6.07) is 67.2. The summed E-state index contributed by atoms with van der Waals surface area (Å²) in [7, 11) is 0. The third kappa shape index (κ3) is 5.53. The third-order valence-electron chi connectivity index (χ3n) is 11.0. The van der Waals surface area contributed by atoms with Crippen LogP contribution in [0.3, 0.4) is 0 Å². The predicted molar refractivity (Wildman–Crippen MR) is 237 cm³/mol. The molecule has 0 aliphatic carbocycles. The molecular formula is C52H32N6. The van der Waals surface area contributed by atoms with Crippen molar-refractivity contribution in [2.75, 3.05) is 0 Å². The summed E-state index contributed by atoms with van der Waals surface area (Å²) in [5.41, 5.74) is 12.1. The quantitative estimate of drug-likeness (QED) is 0.160. The molecule has 0 aliphatic heterocycles. The number of nitrogens with zero attached hydrogens (tertiary/aromatic N) is 6. The van der Waals surface area contributed by atoms with Gasteiger partial charge in [0, 0.05) is 49.6 Å². The summed E-state index contributed by atoms with van der Waals surface area (Å²) >= 11 is 0. The zero-order valence-corrected chi connectivity index (χ0v) is 31.2. The maximum atomic E-state index is 7.49. The molecule has 0 bridgehead atoms. The van der Waals surface area contributed by atoms with Crippen LogP contribution in [0.25, 0.3) is 105 Å². The lowest BCUT2D eigenvalue weighted by Crippen LogP contribution is -2.00. The number of hydrogen-bond acceptors (Lipinski definition) is 3. The Bertz CT molecular complexity index is 3330. The molecule has 0 saturated carbocycles. The van der Waals surface area contributed by atoms with Gasteiger partial charge in [0.1, 0.15) is 0 Å². The van der Waals surface area contributed by atoms with Crippen molar-refractivity contribution in [3.63, 3.8) is 0 Å². The average Bonchev–Trinajstić information content (AvgIpc) is 3.81. The number of fused-ring (bicyclic) bond motifs is 6. The van der Waals surface area contributed by atoms with Crippen LogP contribution in [0.15, 0.2) is 194 Å². The molecule has 0 amide bonds. The largest absolute Gasteiger partial charge is 0.309 e. The molecule has 0 N–H and O–H groups in total. The molecule has 0 unspecified atom stereocenters. The number of benzene rings is 8. The molecule has 0 radical (unpaired) electrons. The van der Waals surface area contributed by atoms with E-state index in [1.807, 2.05) is 84.9 Å². The first-order valence-electron chi connectivity index (χ1n) is 19.2. The third-order valence-corrected chi connectivity index (χ3v) is 11.0. The predicted octanol–water partition coefficient (Wildman–Crippen LogP) is 13.3. The van der Waals surface area contributed by atoms with Crippen molar-refractivity contribution in [3.05, 3.63) is 206 Å². The first-order chi connectivity index (χ1) is 28.7. The Kier molecular flexibility index (Phi) is 7.76. The first kappa shape index (κ1) is 33.2. The standard InChI is InChI=1S/C52H32N6/c1-53-39-24-26-40(27-25-39)57-46-21-10-8-20-43(46)45-30-28-41(33-49(45)57)58-47-22-11-9-19-42(47)44-29-23-37(32-48(44)58)36-17-12-18-38(31-36)52-55-50(34-13-4-2-5-14-34)54-51(56-52)35-15-6-3-7-16-35/h2-33H. The summed E-state index contributed by atoms with van der Waals surface area (Å²) in [4.78, 5) is 18.5. The molecule has 0 spiro atoms. The van der Waals surface area contributed by atoms with Crippen molar-refractivity contribution in [2.45, 2.75) is 0 Å². The minimum absolute atomic E-state index is 0.622. The topological polar surface area (TPSA) is 52.9 Å². The number of hydrogen-bond donors (Lipinski definition) is 0. The zero-order valence-electron chi connectivity index (χ0n) is 31.2. The minimum Gasteiger partial charge on any atom is -0.309 e. The van der Waals surface area contributed by atoms with E-state index in [9.17, 15) is 0 Å². The van der Waals surface area contributed by atoms with Crippen molar-refractivity contribution < 1.29 is 0 Å². The molecular weight excluding hydrogens is 709 g/mol. The van der Waals surface area contributed by atoms with Gasteiger partial charge in [-0.2, -0.15) is 0 Å². The van der Waals surface area contributed by atoms with Crippen LogP contribution in [-0.4, -0.2) is 24.1 Å². The Labute approximate surface area is 334 Å². The van der Waals surface area contributed by atoms with Gasteiger partial charge in [0.25, 0.3) is 0 Å². The molecule has 8 aromatic carbocycles. The van der Waals surface area contributed by atoms with E-state index in [0.29, 0.717) is 23.2 Å². The highest BCUT2D eigenvalue weighted by Crippen LogP contribution is 2.39. The van der Waals surface area contributed by atoms with Gasteiger partial charge in [-0.25, -0.2) is 19.8 Å². The molecule has 3 heterocycles. The van der Waals surface area contributed by atoms with Crippen LogP contribution in [-0.2, 0) is 0 Å². The van der Waals surface area contributed by atoms with Gasteiger partial charge in [-0.15, -0.1) is 0 Å². The fourth-order valence-electron chi connectivity index (χ4n) is 8.26. The van der Waals surface area contributed by atoms with E-state index in [2.05, 4.69) is 123 Å². The minimum atomic E-state index is 0.622. The summed E-state index contributed by atoms with van der Waals surface area (Å²) < 4.78 is 4.69. The maximum Gasteiger partial charge on any atom is 0.187 e. The Hall–Kier alpha value is -8.14. The molecule has 6 heteroatoms. The van der Waals surface area contributed by atoms with Crippen molar-refractivity contribution in [1.29, 1.82) is 0 Å². The first-order valence-corrected chi connectivity index (χ1v) is 19.2. The number of rotatable bonds is 6. The number of aromatic nitrogens is 5. The normalized spacial score (nSPS) is 11.4. The van der Waals surface area contributed by atoms with Gasteiger partial charge in [-0.05, 0) is 59.7 Å². The molecule has 11 rings (SSSR count). The van der Waals surface area contributed by atoms with Gasteiger partial charge in [0.15, 0.2) is 23.2 Å². The lowest BCUT2D eigenvalue weighted by molar-refractivity contribution is 1.07. The van der Waals surface area contributed by atoms with E-state index in [-0.39, 0.29) is 0 Å². The summed E-state index contributed by atoms with van der Waals surface area (Å²) in [6.07, 6.45) is 0. The molecule has 0 atom stereocenters. The van der Waals surface area contributed by atoms with E-state index in [0.717, 1.165) is 61.3 Å². The lowest BCUT2D eigenvalue weighted by atomic mass is 10.0. The average molecular weight is 741 g/mol. The molecule has 0 fully saturated rings. The van der Waals surface area contributed by atoms with Crippen LogP contribution in [0, 0.1) is 6.57 Å². The van der Waals surface area contributed by atoms with Gasteiger partial charge in [-0.1, -0.05) is 146 Å². The van der Waals surface area contributed by atoms with Crippen LogP contribution < -0.4 is 0 Å². The molecule has 270 valence electrons. The van der Waals surface area contributed by atoms with Gasteiger partial charge >= 0.3 is 0 Å². The van der Waals surface area contributed by atoms with Gasteiger partial charge in [-0.3, -0.25) is 0 Å². The van der Waals surface area contributed by atoms with E-state index >= 15 is 0 Å². The highest BCUT2D eigenvalue weighted by molar-refractivity contribution is 6.12. The van der Waals surface area contributed by atoms with Crippen LogP contribution in [0.5, 0.6) is 0 Å². The second-order valence-electron chi connectivity index (χ2n) is 14.4. The van der Waals surface area contributed by atoms with Crippen LogP contribution in [0.1, 0.15) is 0 Å². The molecule has 58 heavy (non-hydrogen) atoms. The van der Waals surface area contributed by atoms with Crippen LogP contribution in [0.4, 0.5) is 5.69 Å². The van der Waals surface area contributed by atoms with E-state index in [1.54, 1.807) is 0 Å². The second kappa shape index (κ2) is 13.6. The Morgan fingerprint density at radius 3 is 1.40 bits per heavy atom. The Morgan fingerprint density at radius 1 is 0.328 bits per heavy atom.